The Balaban J connectivity index is 1.57. The molecule has 1 heterocycles. The van der Waals surface area contributed by atoms with Gasteiger partial charge in [-0.05, 0) is 30.5 Å². The first-order chi connectivity index (χ1) is 9.12. The Hall–Kier alpha value is -1.49. The standard InChI is InChI=1S/C14H16F2N2O/c15-14(16)5-3-11(4-6-14)17-8-10-1-2-13-12(7-10)18-9-19-13/h1-2,7,9,11,17H,3-6,8H2. The predicted octanol–water partition coefficient (Wildman–Crippen LogP) is 3.50. The molecule has 5 heteroatoms. The normalized spacial score (nSPS) is 19.9. The summed E-state index contributed by atoms with van der Waals surface area (Å²) < 4.78 is 31.2. The van der Waals surface area contributed by atoms with Gasteiger partial charge in [-0.1, -0.05) is 6.07 Å². The first-order valence-corrected chi connectivity index (χ1v) is 6.56. The molecule has 0 aliphatic heterocycles. The summed E-state index contributed by atoms with van der Waals surface area (Å²) in [6.07, 6.45) is 2.49. The smallest absolute Gasteiger partial charge is 0.248 e. The number of alkyl halides is 2. The van der Waals surface area contributed by atoms with Crippen LogP contribution >= 0.6 is 0 Å². The molecule has 3 rings (SSSR count). The molecule has 102 valence electrons. The van der Waals surface area contributed by atoms with Gasteiger partial charge < -0.3 is 9.73 Å². The van der Waals surface area contributed by atoms with Gasteiger partial charge in [0, 0.05) is 25.4 Å². The summed E-state index contributed by atoms with van der Waals surface area (Å²) in [6, 6.07) is 6.00. The molecule has 1 aliphatic carbocycles. The van der Waals surface area contributed by atoms with Crippen LogP contribution in [0.4, 0.5) is 8.78 Å². The van der Waals surface area contributed by atoms with Crippen molar-refractivity contribution in [3.8, 4) is 0 Å². The summed E-state index contributed by atoms with van der Waals surface area (Å²) >= 11 is 0. The summed E-state index contributed by atoms with van der Waals surface area (Å²) in [4.78, 5) is 4.10. The molecule has 0 bridgehead atoms. The van der Waals surface area contributed by atoms with Crippen LogP contribution in [-0.4, -0.2) is 16.9 Å². The Kier molecular flexibility index (Phi) is 3.22. The summed E-state index contributed by atoms with van der Waals surface area (Å²) in [7, 11) is 0. The summed E-state index contributed by atoms with van der Waals surface area (Å²) in [5.74, 6) is -2.46. The lowest BCUT2D eigenvalue weighted by molar-refractivity contribution is -0.0405. The van der Waals surface area contributed by atoms with Crippen molar-refractivity contribution < 1.29 is 13.2 Å². The van der Waals surface area contributed by atoms with E-state index in [1.54, 1.807) is 0 Å². The average Bonchev–Trinajstić information content (AvgIpc) is 2.85. The number of benzene rings is 1. The molecule has 19 heavy (non-hydrogen) atoms. The number of hydrogen-bond donors (Lipinski definition) is 1. The molecule has 0 atom stereocenters. The van der Waals surface area contributed by atoms with Crippen molar-refractivity contribution >= 4 is 11.1 Å². The average molecular weight is 266 g/mol. The minimum Gasteiger partial charge on any atom is -0.443 e. The molecule has 1 saturated carbocycles. The van der Waals surface area contributed by atoms with Gasteiger partial charge in [-0.3, -0.25) is 0 Å². The van der Waals surface area contributed by atoms with Crippen molar-refractivity contribution in [2.24, 2.45) is 0 Å². The van der Waals surface area contributed by atoms with E-state index < -0.39 is 5.92 Å². The molecule has 0 amide bonds. The highest BCUT2D eigenvalue weighted by atomic mass is 19.3. The van der Waals surface area contributed by atoms with E-state index in [1.165, 1.54) is 6.39 Å². The van der Waals surface area contributed by atoms with Gasteiger partial charge in [-0.25, -0.2) is 13.8 Å². The second kappa shape index (κ2) is 4.89. The number of nitrogens with one attached hydrogen (secondary N) is 1. The van der Waals surface area contributed by atoms with E-state index >= 15 is 0 Å². The minimum absolute atomic E-state index is 0.00696. The van der Waals surface area contributed by atoms with Crippen LogP contribution in [0, 0.1) is 0 Å². The quantitative estimate of drug-likeness (QED) is 0.924. The molecule has 0 spiro atoms. The third kappa shape index (κ3) is 2.92. The van der Waals surface area contributed by atoms with Crippen molar-refractivity contribution in [1.29, 1.82) is 0 Å². The van der Waals surface area contributed by atoms with Crippen LogP contribution < -0.4 is 5.32 Å². The minimum atomic E-state index is -2.46. The highest BCUT2D eigenvalue weighted by Crippen LogP contribution is 2.33. The van der Waals surface area contributed by atoms with Gasteiger partial charge in [0.15, 0.2) is 12.0 Å². The number of halogens is 2. The Morgan fingerprint density at radius 1 is 1.32 bits per heavy atom. The molecule has 1 aromatic carbocycles. The van der Waals surface area contributed by atoms with E-state index in [9.17, 15) is 8.78 Å². The van der Waals surface area contributed by atoms with Gasteiger partial charge in [0.25, 0.3) is 0 Å². The molecule has 1 fully saturated rings. The van der Waals surface area contributed by atoms with E-state index in [0.717, 1.165) is 16.7 Å². The zero-order valence-corrected chi connectivity index (χ0v) is 10.5. The van der Waals surface area contributed by atoms with Crippen LogP contribution in [0.1, 0.15) is 31.2 Å². The molecule has 2 aromatic rings. The molecule has 1 aliphatic rings. The van der Waals surface area contributed by atoms with Crippen LogP contribution in [0.25, 0.3) is 11.1 Å². The fourth-order valence-electron chi connectivity index (χ4n) is 2.52. The van der Waals surface area contributed by atoms with Gasteiger partial charge >= 0.3 is 0 Å². The first kappa shape index (κ1) is 12.5. The molecule has 1 aromatic heterocycles. The second-order valence-electron chi connectivity index (χ2n) is 5.17. The lowest BCUT2D eigenvalue weighted by Gasteiger charge is -2.28. The van der Waals surface area contributed by atoms with Crippen LogP contribution in [0.2, 0.25) is 0 Å². The highest BCUT2D eigenvalue weighted by molar-refractivity contribution is 5.72. The van der Waals surface area contributed by atoms with Gasteiger partial charge in [0.2, 0.25) is 5.92 Å². The lowest BCUT2D eigenvalue weighted by atomic mass is 9.92. The Labute approximate surface area is 110 Å². The van der Waals surface area contributed by atoms with Crippen molar-refractivity contribution in [3.05, 3.63) is 30.2 Å². The number of hydrogen-bond acceptors (Lipinski definition) is 3. The largest absolute Gasteiger partial charge is 0.443 e. The van der Waals surface area contributed by atoms with Crippen molar-refractivity contribution in [1.82, 2.24) is 10.3 Å². The lowest BCUT2D eigenvalue weighted by Crippen LogP contribution is -2.36. The molecule has 0 unspecified atom stereocenters. The Bertz CT molecular complexity index is 557. The number of rotatable bonds is 3. The predicted molar refractivity (Wildman–Crippen MR) is 68.1 cm³/mol. The summed E-state index contributed by atoms with van der Waals surface area (Å²) in [5, 5.41) is 3.34. The topological polar surface area (TPSA) is 38.1 Å². The maximum absolute atomic E-state index is 13.0. The molecule has 3 nitrogen and oxygen atoms in total. The first-order valence-electron chi connectivity index (χ1n) is 6.56. The Morgan fingerprint density at radius 3 is 2.89 bits per heavy atom. The summed E-state index contributed by atoms with van der Waals surface area (Å²) in [5.41, 5.74) is 2.69. The summed E-state index contributed by atoms with van der Waals surface area (Å²) in [6.45, 7) is 0.680. The van der Waals surface area contributed by atoms with Crippen LogP contribution in [0.5, 0.6) is 0 Å². The molecule has 0 radical (unpaired) electrons. The second-order valence-corrected chi connectivity index (χ2v) is 5.17. The van der Waals surface area contributed by atoms with Crippen LogP contribution in [0.3, 0.4) is 0 Å². The molecule has 0 saturated heterocycles. The van der Waals surface area contributed by atoms with E-state index in [4.69, 9.17) is 4.42 Å². The van der Waals surface area contributed by atoms with E-state index in [-0.39, 0.29) is 18.9 Å². The van der Waals surface area contributed by atoms with Crippen LogP contribution in [-0.2, 0) is 6.54 Å². The fraction of sp³-hybridized carbons (Fsp3) is 0.500. The van der Waals surface area contributed by atoms with Gasteiger partial charge in [-0.2, -0.15) is 0 Å². The number of aromatic nitrogens is 1. The number of oxazole rings is 1. The van der Waals surface area contributed by atoms with Crippen LogP contribution in [0.15, 0.2) is 29.0 Å². The van der Waals surface area contributed by atoms with Gasteiger partial charge in [0.05, 0.1) is 0 Å². The van der Waals surface area contributed by atoms with E-state index in [0.29, 0.717) is 19.4 Å². The molecule has 1 N–H and O–H groups in total. The van der Waals surface area contributed by atoms with Crippen molar-refractivity contribution in [2.75, 3.05) is 0 Å². The SMILES string of the molecule is FC1(F)CCC(NCc2ccc3ocnc3c2)CC1. The highest BCUT2D eigenvalue weighted by Gasteiger charge is 2.34. The molecular formula is C14H16F2N2O. The maximum atomic E-state index is 13.0. The zero-order chi connectivity index (χ0) is 13.3. The Morgan fingerprint density at radius 2 is 2.11 bits per heavy atom. The zero-order valence-electron chi connectivity index (χ0n) is 10.5. The number of nitrogens with zero attached hydrogens (tertiary/aromatic N) is 1. The van der Waals surface area contributed by atoms with Crippen molar-refractivity contribution in [3.63, 3.8) is 0 Å². The third-order valence-corrected chi connectivity index (χ3v) is 3.71. The van der Waals surface area contributed by atoms with Crippen molar-refractivity contribution in [2.45, 2.75) is 44.2 Å². The van der Waals surface area contributed by atoms with E-state index in [1.807, 2.05) is 18.2 Å². The van der Waals surface area contributed by atoms with E-state index in [2.05, 4.69) is 10.3 Å². The molecular weight excluding hydrogens is 250 g/mol. The maximum Gasteiger partial charge on any atom is 0.248 e. The fourth-order valence-corrected chi connectivity index (χ4v) is 2.52. The monoisotopic (exact) mass is 266 g/mol. The third-order valence-electron chi connectivity index (χ3n) is 3.71. The van der Waals surface area contributed by atoms with Gasteiger partial charge in [0.1, 0.15) is 5.52 Å². The number of fused-ring (bicyclic) bond motifs is 1. The van der Waals surface area contributed by atoms with Gasteiger partial charge in [-0.15, -0.1) is 0 Å².